The Balaban J connectivity index is 1.36. The molecule has 1 saturated carbocycles. The van der Waals surface area contributed by atoms with Crippen LogP contribution >= 0.6 is 0 Å². The smallest absolute Gasteiger partial charge is 0.270 e. The molecule has 0 atom stereocenters. The highest BCUT2D eigenvalue weighted by molar-refractivity contribution is 5.92. The number of rotatable bonds is 8. The van der Waals surface area contributed by atoms with E-state index in [0.29, 0.717) is 23.1 Å². The van der Waals surface area contributed by atoms with Crippen molar-refractivity contribution in [1.82, 2.24) is 25.0 Å². The first kappa shape index (κ1) is 22.9. The summed E-state index contributed by atoms with van der Waals surface area (Å²) in [4.78, 5) is 33.6. The van der Waals surface area contributed by atoms with Crippen LogP contribution in [0.1, 0.15) is 40.9 Å². The molecule has 1 aliphatic carbocycles. The van der Waals surface area contributed by atoms with Crippen molar-refractivity contribution in [1.29, 1.82) is 0 Å². The lowest BCUT2D eigenvalue weighted by Crippen LogP contribution is -2.27. The molecule has 3 heterocycles. The highest BCUT2D eigenvalue weighted by Gasteiger charge is 2.19. The van der Waals surface area contributed by atoms with Gasteiger partial charge in [-0.25, -0.2) is 9.37 Å². The lowest BCUT2D eigenvalue weighted by atomic mass is 9.85. The van der Waals surface area contributed by atoms with Crippen LogP contribution in [0.25, 0.3) is 16.6 Å². The maximum atomic E-state index is 15.2. The highest BCUT2D eigenvalue weighted by Crippen LogP contribution is 2.30. The Bertz CT molecular complexity index is 1470. The Morgan fingerprint density at radius 1 is 1.23 bits per heavy atom. The molecule has 0 saturated heterocycles. The lowest BCUT2D eigenvalue weighted by molar-refractivity contribution is 0.0945. The van der Waals surface area contributed by atoms with Gasteiger partial charge in [0.2, 0.25) is 0 Å². The standard InChI is InChI=1S/C26H26FN5O3/c1-35-25-19(15-30-26(34)20-11-22(33)32-8-3-2-7-21(32)31-20)10-18-9-17(14-29-24(18)23(25)27)13-28-12-16-5-4-6-16/h2-3,7-11,14,16,28H,4-6,12-13,15H2,1H3,(H,30,34). The summed E-state index contributed by atoms with van der Waals surface area (Å²) in [7, 11) is 1.38. The molecule has 5 rings (SSSR count). The summed E-state index contributed by atoms with van der Waals surface area (Å²) in [5.41, 5.74) is 1.62. The minimum absolute atomic E-state index is 0.00509. The number of halogens is 1. The van der Waals surface area contributed by atoms with E-state index < -0.39 is 11.7 Å². The number of pyridine rings is 2. The monoisotopic (exact) mass is 475 g/mol. The third-order valence-electron chi connectivity index (χ3n) is 6.44. The van der Waals surface area contributed by atoms with Crippen LogP contribution in [0.3, 0.4) is 0 Å². The van der Waals surface area contributed by atoms with E-state index in [0.717, 1.165) is 18.0 Å². The average Bonchev–Trinajstić information content (AvgIpc) is 2.84. The van der Waals surface area contributed by atoms with Crippen molar-refractivity contribution in [3.8, 4) is 5.75 Å². The first-order valence-electron chi connectivity index (χ1n) is 11.6. The number of fused-ring (bicyclic) bond motifs is 2. The topological polar surface area (TPSA) is 97.6 Å². The number of amides is 1. The number of methoxy groups -OCH3 is 1. The summed E-state index contributed by atoms with van der Waals surface area (Å²) < 4.78 is 21.8. The first-order valence-corrected chi connectivity index (χ1v) is 11.6. The fourth-order valence-electron chi connectivity index (χ4n) is 4.32. The minimum Gasteiger partial charge on any atom is -0.493 e. The second-order valence-corrected chi connectivity index (χ2v) is 8.82. The summed E-state index contributed by atoms with van der Waals surface area (Å²) in [6.07, 6.45) is 7.10. The molecule has 2 N–H and O–H groups in total. The summed E-state index contributed by atoms with van der Waals surface area (Å²) in [5.74, 6) is -0.352. The summed E-state index contributed by atoms with van der Waals surface area (Å²) in [6.45, 7) is 1.62. The minimum atomic E-state index is -0.578. The lowest BCUT2D eigenvalue weighted by Gasteiger charge is -2.25. The van der Waals surface area contributed by atoms with Crippen LogP contribution < -0.4 is 20.9 Å². The Kier molecular flexibility index (Phi) is 6.41. The zero-order valence-electron chi connectivity index (χ0n) is 19.4. The van der Waals surface area contributed by atoms with Gasteiger partial charge in [0, 0.05) is 42.5 Å². The normalized spacial score (nSPS) is 13.7. The fraction of sp³-hybridized carbons (Fsp3) is 0.308. The van der Waals surface area contributed by atoms with E-state index in [2.05, 4.69) is 20.6 Å². The molecule has 0 bridgehead atoms. The van der Waals surface area contributed by atoms with Crippen molar-refractivity contribution in [3.63, 3.8) is 0 Å². The van der Waals surface area contributed by atoms with Gasteiger partial charge in [-0.05, 0) is 55.1 Å². The Morgan fingerprint density at radius 2 is 2.09 bits per heavy atom. The van der Waals surface area contributed by atoms with Crippen LogP contribution in [0, 0.1) is 11.7 Å². The molecular formula is C26H26FN5O3. The quantitative estimate of drug-likeness (QED) is 0.406. The van der Waals surface area contributed by atoms with E-state index in [-0.39, 0.29) is 29.1 Å². The first-order chi connectivity index (χ1) is 17.0. The Labute approximate surface area is 201 Å². The van der Waals surface area contributed by atoms with Gasteiger partial charge < -0.3 is 15.4 Å². The van der Waals surface area contributed by atoms with Gasteiger partial charge in [0.1, 0.15) is 16.9 Å². The number of aromatic nitrogens is 3. The third-order valence-corrected chi connectivity index (χ3v) is 6.44. The molecule has 4 aromatic rings. The van der Waals surface area contributed by atoms with E-state index in [1.54, 1.807) is 36.7 Å². The van der Waals surface area contributed by atoms with E-state index in [9.17, 15) is 9.59 Å². The van der Waals surface area contributed by atoms with Crippen molar-refractivity contribution in [2.45, 2.75) is 32.4 Å². The van der Waals surface area contributed by atoms with Crippen molar-refractivity contribution >= 4 is 22.5 Å². The number of nitrogens with zero attached hydrogens (tertiary/aromatic N) is 3. The molecule has 0 radical (unpaired) electrons. The van der Waals surface area contributed by atoms with Gasteiger partial charge in [-0.2, -0.15) is 0 Å². The number of nitrogens with one attached hydrogen (secondary N) is 2. The van der Waals surface area contributed by atoms with E-state index in [1.165, 1.54) is 36.8 Å². The third kappa shape index (κ3) is 4.72. The maximum Gasteiger partial charge on any atom is 0.270 e. The predicted octanol–water partition coefficient (Wildman–Crippen LogP) is 3.21. The Morgan fingerprint density at radius 3 is 2.86 bits per heavy atom. The van der Waals surface area contributed by atoms with Gasteiger partial charge in [0.05, 0.1) is 7.11 Å². The van der Waals surface area contributed by atoms with Gasteiger partial charge in [0.25, 0.3) is 11.5 Å². The van der Waals surface area contributed by atoms with Gasteiger partial charge in [0.15, 0.2) is 11.6 Å². The van der Waals surface area contributed by atoms with Crippen LogP contribution in [0.2, 0.25) is 0 Å². The maximum absolute atomic E-state index is 15.2. The Hall–Kier alpha value is -3.85. The molecular weight excluding hydrogens is 449 g/mol. The van der Waals surface area contributed by atoms with Crippen LogP contribution in [-0.2, 0) is 13.1 Å². The second kappa shape index (κ2) is 9.79. The molecule has 180 valence electrons. The predicted molar refractivity (Wildman–Crippen MR) is 130 cm³/mol. The molecule has 1 fully saturated rings. The highest BCUT2D eigenvalue weighted by atomic mass is 19.1. The van der Waals surface area contributed by atoms with Crippen molar-refractivity contribution in [2.75, 3.05) is 13.7 Å². The molecule has 3 aromatic heterocycles. The van der Waals surface area contributed by atoms with Crippen molar-refractivity contribution in [3.05, 3.63) is 81.8 Å². The van der Waals surface area contributed by atoms with Crippen LogP contribution in [0.4, 0.5) is 4.39 Å². The number of hydrogen-bond acceptors (Lipinski definition) is 6. The largest absolute Gasteiger partial charge is 0.493 e. The second-order valence-electron chi connectivity index (χ2n) is 8.82. The number of hydrogen-bond donors (Lipinski definition) is 2. The molecule has 1 amide bonds. The van der Waals surface area contributed by atoms with Crippen LogP contribution in [0.15, 0.2) is 53.6 Å². The van der Waals surface area contributed by atoms with Gasteiger partial charge >= 0.3 is 0 Å². The molecule has 35 heavy (non-hydrogen) atoms. The summed E-state index contributed by atoms with van der Waals surface area (Å²) in [5, 5.41) is 6.79. The zero-order valence-corrected chi connectivity index (χ0v) is 19.4. The molecule has 0 aliphatic heterocycles. The number of carbonyl (C=O) groups is 1. The van der Waals surface area contributed by atoms with Gasteiger partial charge in [-0.1, -0.05) is 12.5 Å². The number of ether oxygens (including phenoxy) is 1. The molecule has 1 aliphatic rings. The van der Waals surface area contributed by atoms with E-state index in [1.807, 2.05) is 6.07 Å². The SMILES string of the molecule is COc1c(CNC(=O)c2cc(=O)n3ccccc3n2)cc2cc(CNCC3CCC3)cnc2c1F. The number of carbonyl (C=O) groups excluding carboxylic acids is 1. The fourth-order valence-corrected chi connectivity index (χ4v) is 4.32. The van der Waals surface area contributed by atoms with E-state index in [4.69, 9.17) is 4.74 Å². The van der Waals surface area contributed by atoms with Gasteiger partial charge in [-0.3, -0.25) is 19.0 Å². The van der Waals surface area contributed by atoms with Crippen molar-refractivity contribution in [2.24, 2.45) is 5.92 Å². The molecule has 0 spiro atoms. The average molecular weight is 476 g/mol. The molecule has 9 heteroatoms. The van der Waals surface area contributed by atoms with E-state index >= 15 is 4.39 Å². The summed E-state index contributed by atoms with van der Waals surface area (Å²) >= 11 is 0. The van der Waals surface area contributed by atoms with Crippen LogP contribution in [0.5, 0.6) is 5.75 Å². The van der Waals surface area contributed by atoms with Crippen molar-refractivity contribution < 1.29 is 13.9 Å². The molecule has 8 nitrogen and oxygen atoms in total. The number of benzene rings is 1. The molecule has 1 aromatic carbocycles. The summed E-state index contributed by atoms with van der Waals surface area (Å²) in [6, 6.07) is 9.93. The molecule has 0 unspecified atom stereocenters. The van der Waals surface area contributed by atoms with Gasteiger partial charge in [-0.15, -0.1) is 0 Å². The zero-order chi connectivity index (χ0) is 24.4. The van der Waals surface area contributed by atoms with Crippen LogP contribution in [-0.4, -0.2) is 33.9 Å².